The molecule has 0 spiro atoms. The Morgan fingerprint density at radius 1 is 0.667 bits per heavy atom. The molecule has 0 aliphatic carbocycles. The first-order valence-electron chi connectivity index (χ1n) is 7.99. The van der Waals surface area contributed by atoms with Gasteiger partial charge in [-0.2, -0.15) is 0 Å². The van der Waals surface area contributed by atoms with Gasteiger partial charge in [-0.3, -0.25) is 0 Å². The summed E-state index contributed by atoms with van der Waals surface area (Å²) < 4.78 is 4.36. The second-order valence-electron chi connectivity index (χ2n) is 5.86. The fourth-order valence-corrected chi connectivity index (χ4v) is 3.39. The fourth-order valence-electron chi connectivity index (χ4n) is 3.39. The Morgan fingerprint density at radius 2 is 1.46 bits per heavy atom. The minimum Gasteiger partial charge on any atom is -0.309 e. The molecule has 0 amide bonds. The number of fused-ring (bicyclic) bond motifs is 3. The first-order valence-corrected chi connectivity index (χ1v) is 7.99. The number of hydrogen-bond donors (Lipinski definition) is 0. The lowest BCUT2D eigenvalue weighted by Crippen LogP contribution is -1.93. The van der Waals surface area contributed by atoms with Gasteiger partial charge in [-0.1, -0.05) is 36.4 Å². The Kier molecular flexibility index (Phi) is 2.79. The van der Waals surface area contributed by atoms with E-state index in [0.717, 1.165) is 5.69 Å². The van der Waals surface area contributed by atoms with E-state index in [0.29, 0.717) is 0 Å². The third kappa shape index (κ3) is 1.88. The van der Waals surface area contributed by atoms with Gasteiger partial charge in [0.05, 0.1) is 17.4 Å². The molecule has 5 aromatic rings. The highest BCUT2D eigenvalue weighted by Crippen LogP contribution is 2.33. The Labute approximate surface area is 139 Å². The Balaban J connectivity index is 1.89. The van der Waals surface area contributed by atoms with Crippen LogP contribution in [0.2, 0.25) is 0 Å². The van der Waals surface area contributed by atoms with Gasteiger partial charge in [0.1, 0.15) is 0 Å². The van der Waals surface area contributed by atoms with Crippen LogP contribution in [0.25, 0.3) is 33.2 Å². The van der Waals surface area contributed by atoms with Gasteiger partial charge in [-0.05, 0) is 36.4 Å². The zero-order valence-corrected chi connectivity index (χ0v) is 13.0. The number of rotatable bonds is 2. The molecule has 0 saturated carbocycles. The third-order valence-corrected chi connectivity index (χ3v) is 4.47. The topological polar surface area (TPSA) is 22.8 Å². The van der Waals surface area contributed by atoms with Crippen LogP contribution in [0.4, 0.5) is 0 Å². The lowest BCUT2D eigenvalue weighted by molar-refractivity contribution is 1.06. The molecule has 0 unspecified atom stereocenters. The quantitative estimate of drug-likeness (QED) is 0.451. The van der Waals surface area contributed by atoms with Crippen molar-refractivity contribution in [3.63, 3.8) is 0 Å². The molecule has 0 saturated heterocycles. The van der Waals surface area contributed by atoms with Crippen molar-refractivity contribution in [1.82, 2.24) is 14.1 Å². The zero-order chi connectivity index (χ0) is 15.9. The lowest BCUT2D eigenvalue weighted by Gasteiger charge is -2.08. The van der Waals surface area contributed by atoms with Gasteiger partial charge in [0.25, 0.3) is 0 Å². The molecule has 5 rings (SSSR count). The van der Waals surface area contributed by atoms with Crippen LogP contribution >= 0.6 is 0 Å². The van der Waals surface area contributed by atoms with Gasteiger partial charge >= 0.3 is 0 Å². The van der Waals surface area contributed by atoms with E-state index in [1.165, 1.54) is 27.5 Å². The van der Waals surface area contributed by atoms with Crippen LogP contribution in [-0.4, -0.2) is 14.1 Å². The summed E-state index contributed by atoms with van der Waals surface area (Å²) in [6.07, 6.45) is 5.60. The summed E-state index contributed by atoms with van der Waals surface area (Å²) in [7, 11) is 0. The average Bonchev–Trinajstić information content (AvgIpc) is 3.28. The maximum atomic E-state index is 4.15. The van der Waals surface area contributed by atoms with E-state index >= 15 is 0 Å². The molecular formula is C21H15N3. The highest BCUT2D eigenvalue weighted by molar-refractivity contribution is 6.09. The highest BCUT2D eigenvalue weighted by Gasteiger charge is 2.12. The number of aromatic nitrogens is 3. The summed E-state index contributed by atoms with van der Waals surface area (Å²) in [5.74, 6) is 0. The van der Waals surface area contributed by atoms with Gasteiger partial charge < -0.3 is 9.13 Å². The number of hydrogen-bond acceptors (Lipinski definition) is 1. The number of nitrogens with zero attached hydrogens (tertiary/aromatic N) is 3. The number of para-hydroxylation sites is 2. The summed E-state index contributed by atoms with van der Waals surface area (Å²) in [5.41, 5.74) is 4.74. The molecule has 0 aliphatic rings. The summed E-state index contributed by atoms with van der Waals surface area (Å²) in [6, 6.07) is 25.6. The van der Waals surface area contributed by atoms with E-state index in [2.05, 4.69) is 82.3 Å². The molecule has 3 aromatic carbocycles. The van der Waals surface area contributed by atoms with Crippen LogP contribution in [0, 0.1) is 0 Å². The van der Waals surface area contributed by atoms with Crippen molar-refractivity contribution in [1.29, 1.82) is 0 Å². The standard InChI is InChI=1S/C21H15N3/c1-2-6-16(7-3-1)24-20-9-5-4-8-18(20)19-14-17(10-11-21(19)24)23-13-12-22-15-23/h1-15H. The molecule has 24 heavy (non-hydrogen) atoms. The lowest BCUT2D eigenvalue weighted by atomic mass is 10.1. The van der Waals surface area contributed by atoms with Crippen molar-refractivity contribution < 1.29 is 0 Å². The van der Waals surface area contributed by atoms with E-state index in [1.807, 2.05) is 17.1 Å². The number of imidazole rings is 1. The molecule has 0 N–H and O–H groups in total. The Hall–Kier alpha value is -3.33. The van der Waals surface area contributed by atoms with Crippen molar-refractivity contribution in [2.24, 2.45) is 0 Å². The van der Waals surface area contributed by atoms with Gasteiger partial charge in [-0.15, -0.1) is 0 Å². The highest BCUT2D eigenvalue weighted by atomic mass is 15.0. The third-order valence-electron chi connectivity index (χ3n) is 4.47. The minimum atomic E-state index is 1.12. The Morgan fingerprint density at radius 3 is 2.29 bits per heavy atom. The van der Waals surface area contributed by atoms with E-state index in [4.69, 9.17) is 0 Å². The van der Waals surface area contributed by atoms with Crippen LogP contribution in [0.15, 0.2) is 91.5 Å². The van der Waals surface area contributed by atoms with Crippen molar-refractivity contribution in [2.45, 2.75) is 0 Å². The predicted molar refractivity (Wildman–Crippen MR) is 97.9 cm³/mol. The summed E-state index contributed by atoms with van der Waals surface area (Å²) in [6.45, 7) is 0. The van der Waals surface area contributed by atoms with Crippen LogP contribution in [0.3, 0.4) is 0 Å². The maximum Gasteiger partial charge on any atom is 0.0991 e. The molecule has 0 fully saturated rings. The minimum absolute atomic E-state index is 1.12. The molecule has 0 bridgehead atoms. The zero-order valence-electron chi connectivity index (χ0n) is 13.0. The van der Waals surface area contributed by atoms with Crippen LogP contribution < -0.4 is 0 Å². The molecule has 2 aromatic heterocycles. The first kappa shape index (κ1) is 13.1. The summed E-state index contributed by atoms with van der Waals surface area (Å²) in [4.78, 5) is 4.15. The van der Waals surface area contributed by atoms with Crippen molar-refractivity contribution in [3.05, 3.63) is 91.5 Å². The van der Waals surface area contributed by atoms with E-state index in [-0.39, 0.29) is 0 Å². The van der Waals surface area contributed by atoms with Crippen molar-refractivity contribution >= 4 is 21.8 Å². The van der Waals surface area contributed by atoms with Gasteiger partial charge in [0, 0.05) is 34.5 Å². The van der Waals surface area contributed by atoms with E-state index < -0.39 is 0 Å². The molecule has 0 radical (unpaired) electrons. The summed E-state index contributed by atoms with van der Waals surface area (Å²) in [5, 5.41) is 2.51. The van der Waals surface area contributed by atoms with Gasteiger partial charge in [0.15, 0.2) is 0 Å². The molecular weight excluding hydrogens is 294 g/mol. The molecule has 0 aliphatic heterocycles. The SMILES string of the molecule is c1ccc(-n2c3ccccc3c3cc(-n4ccnc4)ccc32)cc1. The molecule has 0 atom stereocenters. The largest absolute Gasteiger partial charge is 0.309 e. The molecule has 114 valence electrons. The van der Waals surface area contributed by atoms with Crippen molar-refractivity contribution in [2.75, 3.05) is 0 Å². The smallest absolute Gasteiger partial charge is 0.0991 e. The monoisotopic (exact) mass is 309 g/mol. The predicted octanol–water partition coefficient (Wildman–Crippen LogP) is 4.97. The van der Waals surface area contributed by atoms with Crippen LogP contribution in [0.1, 0.15) is 0 Å². The van der Waals surface area contributed by atoms with Crippen LogP contribution in [-0.2, 0) is 0 Å². The maximum absolute atomic E-state index is 4.15. The normalized spacial score (nSPS) is 11.3. The van der Waals surface area contributed by atoms with Gasteiger partial charge in [0.2, 0.25) is 0 Å². The van der Waals surface area contributed by atoms with E-state index in [1.54, 1.807) is 6.20 Å². The van der Waals surface area contributed by atoms with Crippen molar-refractivity contribution in [3.8, 4) is 11.4 Å². The van der Waals surface area contributed by atoms with Crippen LogP contribution in [0.5, 0.6) is 0 Å². The second kappa shape index (κ2) is 5.10. The Bertz CT molecular complexity index is 1140. The second-order valence-corrected chi connectivity index (χ2v) is 5.86. The van der Waals surface area contributed by atoms with E-state index in [9.17, 15) is 0 Å². The fraction of sp³-hybridized carbons (Fsp3) is 0. The number of benzene rings is 3. The molecule has 3 nitrogen and oxygen atoms in total. The molecule has 2 heterocycles. The first-order chi connectivity index (χ1) is 11.9. The molecule has 3 heteroatoms. The average molecular weight is 309 g/mol. The summed E-state index contributed by atoms with van der Waals surface area (Å²) >= 11 is 0. The van der Waals surface area contributed by atoms with Gasteiger partial charge in [-0.25, -0.2) is 4.98 Å².